The molecule has 0 fully saturated rings. The first-order valence-electron chi connectivity index (χ1n) is 2.45. The molecule has 0 aromatic heterocycles. The Morgan fingerprint density at radius 3 is 1.33 bits per heavy atom. The number of aliphatic hydroxyl groups is 2. The van der Waals surface area contributed by atoms with Gasteiger partial charge in [0.05, 0.1) is 0 Å². The van der Waals surface area contributed by atoms with Crippen LogP contribution in [-0.2, 0) is 0 Å². The monoisotopic (exact) mass is 474 g/mol. The van der Waals surface area contributed by atoms with Crippen LogP contribution in [0.5, 0.6) is 0 Å². The van der Waals surface area contributed by atoms with Gasteiger partial charge in [-0.05, 0) is 0 Å². The van der Waals surface area contributed by atoms with Gasteiger partial charge in [-0.25, -0.2) is 0 Å². The molecule has 0 aliphatic carbocycles. The molecule has 0 aromatic rings. The number of hydrogen-bond acceptors (Lipinski definition) is 2. The summed E-state index contributed by atoms with van der Waals surface area (Å²) in [6, 6.07) is 0. The zero-order valence-corrected chi connectivity index (χ0v) is 11.9. The topological polar surface area (TPSA) is 40.5 Å². The van der Waals surface area contributed by atoms with Crippen LogP contribution in [0.25, 0.3) is 0 Å². The molecule has 0 aliphatic rings. The van der Waals surface area contributed by atoms with Crippen molar-refractivity contribution in [3.63, 3.8) is 0 Å². The second kappa shape index (κ2) is 4.26. The van der Waals surface area contributed by atoms with Crippen LogP contribution in [0.15, 0.2) is 0 Å². The van der Waals surface area contributed by atoms with E-state index in [0.29, 0.717) is 0 Å². The molecule has 0 radical (unpaired) electrons. The Kier molecular flexibility index (Phi) is 5.29. The van der Waals surface area contributed by atoms with Crippen LogP contribution >= 0.6 is 37.4 Å². The SMILES string of the molecule is CC(O)[Te](I)(I)C(C)O. The molecule has 58 valence electrons. The van der Waals surface area contributed by atoms with Crippen LogP contribution in [0.1, 0.15) is 13.8 Å². The summed E-state index contributed by atoms with van der Waals surface area (Å²) >= 11 is 4.46. The zero-order chi connectivity index (χ0) is 7.65. The Balaban J connectivity index is 4.01. The van der Waals surface area contributed by atoms with E-state index in [1.165, 1.54) is 0 Å². The molecule has 0 aromatic carbocycles. The molecule has 0 spiro atoms. The summed E-state index contributed by atoms with van der Waals surface area (Å²) in [7, 11) is -2.31. The predicted octanol–water partition coefficient (Wildman–Crippen LogP) is 1.14. The molecule has 0 saturated heterocycles. The van der Waals surface area contributed by atoms with Crippen molar-refractivity contribution in [2.45, 2.75) is 22.2 Å². The summed E-state index contributed by atoms with van der Waals surface area (Å²) in [5.41, 5.74) is 0. The number of hydrogen-bond donors (Lipinski definition) is 2. The zero-order valence-electron chi connectivity index (χ0n) is 5.21. The van der Waals surface area contributed by atoms with Crippen LogP contribution < -0.4 is 0 Å². The van der Waals surface area contributed by atoms with Crippen molar-refractivity contribution in [2.24, 2.45) is 0 Å². The standard InChI is InChI=1S/C4H10I2O2Te/c1-3(7)9(5,6)4(2)8/h3-4,7-8H,1-2H3. The molecule has 5 heteroatoms. The van der Waals surface area contributed by atoms with Crippen LogP contribution in [0.2, 0.25) is 0 Å². The van der Waals surface area contributed by atoms with E-state index < -0.39 is 10.3 Å². The Labute approximate surface area is 78.7 Å². The van der Waals surface area contributed by atoms with Crippen LogP contribution in [0.4, 0.5) is 0 Å². The molecule has 0 heterocycles. The third-order valence-corrected chi connectivity index (χ3v) is 25.8. The fourth-order valence-corrected chi connectivity index (χ4v) is 1.91. The van der Waals surface area contributed by atoms with E-state index in [0.717, 1.165) is 0 Å². The Morgan fingerprint density at radius 1 is 1.11 bits per heavy atom. The molecule has 2 N–H and O–H groups in total. The number of rotatable bonds is 2. The second-order valence-electron chi connectivity index (χ2n) is 1.75. The van der Waals surface area contributed by atoms with Gasteiger partial charge >= 0.3 is 80.0 Å². The number of aliphatic hydroxyl groups excluding tert-OH is 2. The van der Waals surface area contributed by atoms with Gasteiger partial charge in [0.15, 0.2) is 0 Å². The quantitative estimate of drug-likeness (QED) is 0.469. The Morgan fingerprint density at radius 2 is 1.33 bits per heavy atom. The van der Waals surface area contributed by atoms with Crippen molar-refractivity contribution < 1.29 is 10.2 Å². The van der Waals surface area contributed by atoms with Gasteiger partial charge < -0.3 is 0 Å². The molecule has 0 amide bonds. The average Bonchev–Trinajstić information content (AvgIpc) is 1.65. The molecule has 0 rings (SSSR count). The first-order chi connectivity index (χ1) is 3.89. The summed E-state index contributed by atoms with van der Waals surface area (Å²) in [4.78, 5) is 0. The van der Waals surface area contributed by atoms with Crippen molar-refractivity contribution in [3.8, 4) is 0 Å². The van der Waals surface area contributed by atoms with Crippen molar-refractivity contribution >= 4 is 47.7 Å². The molecule has 2 nitrogen and oxygen atoms in total. The van der Waals surface area contributed by atoms with Gasteiger partial charge in [0.25, 0.3) is 0 Å². The second-order valence-corrected chi connectivity index (χ2v) is 39.6. The van der Waals surface area contributed by atoms with Crippen molar-refractivity contribution in [3.05, 3.63) is 0 Å². The Hall–Kier alpha value is 2.17. The van der Waals surface area contributed by atoms with Gasteiger partial charge in [0.1, 0.15) is 0 Å². The van der Waals surface area contributed by atoms with Gasteiger partial charge in [-0.2, -0.15) is 0 Å². The summed E-state index contributed by atoms with van der Waals surface area (Å²) < 4.78 is -0.595. The van der Waals surface area contributed by atoms with Crippen molar-refractivity contribution in [2.75, 3.05) is 0 Å². The van der Waals surface area contributed by atoms with E-state index in [1.54, 1.807) is 13.8 Å². The molecule has 0 aliphatic heterocycles. The molecule has 0 saturated carbocycles. The summed E-state index contributed by atoms with van der Waals surface area (Å²) in [5.74, 6) is 0. The van der Waals surface area contributed by atoms with Gasteiger partial charge in [0, 0.05) is 0 Å². The van der Waals surface area contributed by atoms with Crippen LogP contribution in [0.3, 0.4) is 0 Å². The molecular weight excluding hydrogens is 461 g/mol. The minimum atomic E-state index is -2.31. The maximum absolute atomic E-state index is 9.16. The molecular formula is C4H10I2O2Te. The molecule has 2 unspecified atom stereocenters. The fourth-order valence-electron chi connectivity index (χ4n) is 0.285. The Bertz CT molecular complexity index is 84.6. The molecule has 2 atom stereocenters. The first-order valence-corrected chi connectivity index (χ1v) is 18.7. The van der Waals surface area contributed by atoms with E-state index in [-0.39, 0.29) is 8.30 Å². The maximum atomic E-state index is 9.16. The predicted molar refractivity (Wildman–Crippen MR) is 57.2 cm³/mol. The van der Waals surface area contributed by atoms with Gasteiger partial charge in [-0.1, -0.05) is 0 Å². The van der Waals surface area contributed by atoms with E-state index >= 15 is 0 Å². The third-order valence-electron chi connectivity index (χ3n) is 0.910. The van der Waals surface area contributed by atoms with E-state index in [9.17, 15) is 0 Å². The van der Waals surface area contributed by atoms with E-state index in [1.807, 2.05) is 0 Å². The molecule has 0 bridgehead atoms. The van der Waals surface area contributed by atoms with E-state index in [4.69, 9.17) is 10.2 Å². The fraction of sp³-hybridized carbons (Fsp3) is 1.00. The van der Waals surface area contributed by atoms with E-state index in [2.05, 4.69) is 37.4 Å². The minimum absolute atomic E-state index is 0.297. The first kappa shape index (κ1) is 11.2. The van der Waals surface area contributed by atoms with Gasteiger partial charge in [-0.15, -0.1) is 0 Å². The van der Waals surface area contributed by atoms with Crippen LogP contribution in [-0.4, -0.2) is 28.8 Å². The van der Waals surface area contributed by atoms with Gasteiger partial charge in [0.2, 0.25) is 0 Å². The van der Waals surface area contributed by atoms with Crippen LogP contribution in [0, 0.1) is 0 Å². The normalized spacial score (nSPS) is 21.1. The molecule has 9 heavy (non-hydrogen) atoms. The van der Waals surface area contributed by atoms with Gasteiger partial charge in [-0.3, -0.25) is 0 Å². The van der Waals surface area contributed by atoms with Crippen molar-refractivity contribution in [1.82, 2.24) is 0 Å². The third kappa shape index (κ3) is 3.38. The summed E-state index contributed by atoms with van der Waals surface area (Å²) in [6.45, 7) is 3.51. The van der Waals surface area contributed by atoms with Crippen molar-refractivity contribution in [1.29, 1.82) is 0 Å². The average molecular weight is 472 g/mol. The summed E-state index contributed by atoms with van der Waals surface area (Å²) in [6.07, 6.45) is 0. The summed E-state index contributed by atoms with van der Waals surface area (Å²) in [5, 5.41) is 18.3. The number of halogens is 2.